The fourth-order valence-corrected chi connectivity index (χ4v) is 5.26. The van der Waals surface area contributed by atoms with E-state index in [9.17, 15) is 14.0 Å². The van der Waals surface area contributed by atoms with Crippen LogP contribution >= 0.6 is 23.4 Å². The highest BCUT2D eigenvalue weighted by Gasteiger charge is 2.57. The predicted molar refractivity (Wildman–Crippen MR) is 101 cm³/mol. The van der Waals surface area contributed by atoms with Gasteiger partial charge in [-0.3, -0.25) is 14.9 Å². The molecule has 1 unspecified atom stereocenters. The number of nitrogens with one attached hydrogen (secondary N) is 3. The number of rotatable bonds is 6. The van der Waals surface area contributed by atoms with Gasteiger partial charge in [-0.15, -0.1) is 11.8 Å². The van der Waals surface area contributed by atoms with Gasteiger partial charge in [-0.05, 0) is 37.3 Å². The number of benzene rings is 1. The molecule has 2 atom stereocenters. The summed E-state index contributed by atoms with van der Waals surface area (Å²) in [5.41, 5.74) is -0.258. The number of fused-ring (bicyclic) bond motifs is 1. The summed E-state index contributed by atoms with van der Waals surface area (Å²) in [6.07, 6.45) is 2.47. The molecule has 3 N–H and O–H groups in total. The Kier molecular flexibility index (Phi) is 5.22. The molecular formula is C18H21ClFN3O3S. The summed E-state index contributed by atoms with van der Waals surface area (Å²) in [7, 11) is 0. The van der Waals surface area contributed by atoms with Crippen molar-refractivity contribution >= 4 is 35.2 Å². The molecule has 9 heteroatoms. The topological polar surface area (TPSA) is 79.5 Å². The Morgan fingerprint density at radius 1 is 1.37 bits per heavy atom. The van der Waals surface area contributed by atoms with E-state index in [1.807, 2.05) is 0 Å². The van der Waals surface area contributed by atoms with E-state index < -0.39 is 5.82 Å². The lowest BCUT2D eigenvalue weighted by molar-refractivity contribution is -0.126. The van der Waals surface area contributed by atoms with Crippen molar-refractivity contribution in [1.29, 1.82) is 0 Å². The van der Waals surface area contributed by atoms with E-state index in [0.717, 1.165) is 37.0 Å². The van der Waals surface area contributed by atoms with E-state index in [4.69, 9.17) is 16.3 Å². The third-order valence-electron chi connectivity index (χ3n) is 5.51. The average molecular weight is 414 g/mol. The van der Waals surface area contributed by atoms with Crippen LogP contribution in [-0.2, 0) is 9.59 Å². The molecule has 6 nitrogen and oxygen atoms in total. The maximum atomic E-state index is 13.4. The standard InChI is InChI=1S/C18H21ClFN3O3S/c19-12-2-1-11(3-13(12)20)26-7-16(24)23-18-4-10(5-18)14(6-18)22-17(25)15-8-27-9-21-15/h1-3,10,14-15,21H,4-9H2,(H,22,25)(H,23,24)/t10?,14-,15?,18?/m0/s1. The molecular weight excluding hydrogens is 393 g/mol. The molecule has 1 saturated heterocycles. The number of hydrogen-bond donors (Lipinski definition) is 3. The van der Waals surface area contributed by atoms with Gasteiger partial charge in [0.2, 0.25) is 5.91 Å². The highest BCUT2D eigenvalue weighted by molar-refractivity contribution is 7.99. The zero-order valence-electron chi connectivity index (χ0n) is 14.6. The Bertz CT molecular complexity index is 753. The van der Waals surface area contributed by atoms with E-state index >= 15 is 0 Å². The molecule has 4 aliphatic rings. The summed E-state index contributed by atoms with van der Waals surface area (Å²) in [6.45, 7) is -0.187. The second kappa shape index (κ2) is 7.48. The molecule has 1 heterocycles. The molecule has 2 bridgehead atoms. The van der Waals surface area contributed by atoms with Crippen LogP contribution in [0.4, 0.5) is 4.39 Å². The quantitative estimate of drug-likeness (QED) is 0.661. The van der Waals surface area contributed by atoms with Crippen molar-refractivity contribution < 1.29 is 18.7 Å². The Hall–Kier alpha value is -1.51. The Labute approximate surface area is 165 Å². The minimum Gasteiger partial charge on any atom is -0.484 e. The van der Waals surface area contributed by atoms with Gasteiger partial charge in [-0.25, -0.2) is 4.39 Å². The van der Waals surface area contributed by atoms with Crippen molar-refractivity contribution in [2.24, 2.45) is 5.92 Å². The van der Waals surface area contributed by atoms with E-state index in [0.29, 0.717) is 5.92 Å². The van der Waals surface area contributed by atoms with E-state index in [1.165, 1.54) is 12.1 Å². The zero-order chi connectivity index (χ0) is 19.0. The molecule has 0 aromatic heterocycles. The van der Waals surface area contributed by atoms with Crippen molar-refractivity contribution in [3.05, 3.63) is 29.0 Å². The van der Waals surface area contributed by atoms with Crippen molar-refractivity contribution in [3.8, 4) is 5.75 Å². The minimum absolute atomic E-state index is 0.0108. The molecule has 146 valence electrons. The van der Waals surface area contributed by atoms with Gasteiger partial charge in [0.05, 0.1) is 11.1 Å². The minimum atomic E-state index is -0.584. The number of ether oxygens (including phenoxy) is 1. The molecule has 0 radical (unpaired) electrons. The number of amides is 2. The van der Waals surface area contributed by atoms with E-state index in [-0.39, 0.29) is 46.8 Å². The number of halogens is 2. The summed E-state index contributed by atoms with van der Waals surface area (Å²) < 4.78 is 18.7. The molecule has 3 saturated carbocycles. The maximum absolute atomic E-state index is 13.4. The Morgan fingerprint density at radius 2 is 2.19 bits per heavy atom. The smallest absolute Gasteiger partial charge is 0.258 e. The van der Waals surface area contributed by atoms with Crippen LogP contribution < -0.4 is 20.7 Å². The highest BCUT2D eigenvalue weighted by atomic mass is 35.5. The predicted octanol–water partition coefficient (Wildman–Crippen LogP) is 1.67. The van der Waals surface area contributed by atoms with Crippen LogP contribution in [0.2, 0.25) is 5.02 Å². The van der Waals surface area contributed by atoms with E-state index in [1.54, 1.807) is 11.8 Å². The number of carbonyl (C=O) groups excluding carboxylic acids is 2. The maximum Gasteiger partial charge on any atom is 0.258 e. The van der Waals surface area contributed by atoms with Crippen LogP contribution in [0.1, 0.15) is 19.3 Å². The lowest BCUT2D eigenvalue weighted by atomic mass is 9.76. The van der Waals surface area contributed by atoms with Gasteiger partial charge in [0.25, 0.3) is 5.91 Å². The molecule has 2 amide bonds. The third-order valence-corrected chi connectivity index (χ3v) is 6.76. The summed E-state index contributed by atoms with van der Waals surface area (Å²) in [5.74, 6) is 1.50. The van der Waals surface area contributed by atoms with Crippen molar-refractivity contribution in [2.75, 3.05) is 18.2 Å². The first-order valence-corrected chi connectivity index (χ1v) is 10.5. The fraction of sp³-hybridized carbons (Fsp3) is 0.556. The zero-order valence-corrected chi connectivity index (χ0v) is 16.2. The summed E-state index contributed by atoms with van der Waals surface area (Å²) in [4.78, 5) is 24.5. The van der Waals surface area contributed by atoms with Gasteiger partial charge in [-0.2, -0.15) is 0 Å². The van der Waals surface area contributed by atoms with Gasteiger partial charge in [0.15, 0.2) is 6.61 Å². The van der Waals surface area contributed by atoms with Crippen LogP contribution in [0.25, 0.3) is 0 Å². The molecule has 1 aromatic carbocycles. The first-order valence-electron chi connectivity index (χ1n) is 8.94. The molecule has 3 aliphatic carbocycles. The lowest BCUT2D eigenvalue weighted by Gasteiger charge is -2.39. The third kappa shape index (κ3) is 4.02. The van der Waals surface area contributed by atoms with Crippen LogP contribution in [0.5, 0.6) is 5.75 Å². The largest absolute Gasteiger partial charge is 0.484 e. The van der Waals surface area contributed by atoms with Gasteiger partial charge < -0.3 is 15.4 Å². The summed E-state index contributed by atoms with van der Waals surface area (Å²) in [6, 6.07) is 4.06. The van der Waals surface area contributed by atoms with Gasteiger partial charge in [0.1, 0.15) is 11.6 Å². The highest BCUT2D eigenvalue weighted by Crippen LogP contribution is 2.52. The molecule has 0 spiro atoms. The monoisotopic (exact) mass is 413 g/mol. The molecule has 1 aliphatic heterocycles. The second-order valence-corrected chi connectivity index (χ2v) is 8.89. The second-order valence-electron chi connectivity index (χ2n) is 7.45. The van der Waals surface area contributed by atoms with Gasteiger partial charge >= 0.3 is 0 Å². The summed E-state index contributed by atoms with van der Waals surface area (Å²) in [5, 5.41) is 9.34. The molecule has 4 fully saturated rings. The van der Waals surface area contributed by atoms with Crippen LogP contribution in [-0.4, -0.2) is 47.7 Å². The van der Waals surface area contributed by atoms with Crippen molar-refractivity contribution in [1.82, 2.24) is 16.0 Å². The summed E-state index contributed by atoms with van der Waals surface area (Å²) >= 11 is 7.35. The molecule has 5 rings (SSSR count). The van der Waals surface area contributed by atoms with Crippen LogP contribution in [0, 0.1) is 11.7 Å². The Balaban J connectivity index is 1.24. The first kappa shape index (κ1) is 18.8. The molecule has 27 heavy (non-hydrogen) atoms. The average Bonchev–Trinajstić information content (AvgIpc) is 3.31. The van der Waals surface area contributed by atoms with Gasteiger partial charge in [-0.1, -0.05) is 11.6 Å². The number of hydrogen-bond acceptors (Lipinski definition) is 5. The van der Waals surface area contributed by atoms with Gasteiger partial charge in [0, 0.05) is 29.3 Å². The number of carbonyl (C=O) groups is 2. The lowest BCUT2D eigenvalue weighted by Crippen LogP contribution is -2.53. The first-order chi connectivity index (χ1) is 12.9. The normalized spacial score (nSPS) is 31.3. The SMILES string of the molecule is O=C(COc1ccc(Cl)c(F)c1)NC12CC(C1)[C@@H](NC(=O)C1CSCN1)C2. The molecule has 1 aromatic rings. The number of thioether (sulfide) groups is 1. The van der Waals surface area contributed by atoms with Crippen molar-refractivity contribution in [3.63, 3.8) is 0 Å². The van der Waals surface area contributed by atoms with Crippen LogP contribution in [0.15, 0.2) is 18.2 Å². The van der Waals surface area contributed by atoms with E-state index in [2.05, 4.69) is 16.0 Å². The fourth-order valence-electron chi connectivity index (χ4n) is 4.20. The van der Waals surface area contributed by atoms with Crippen molar-refractivity contribution in [2.45, 2.75) is 36.9 Å². The van der Waals surface area contributed by atoms with Crippen LogP contribution in [0.3, 0.4) is 0 Å². The Morgan fingerprint density at radius 3 is 2.89 bits per heavy atom.